The summed E-state index contributed by atoms with van der Waals surface area (Å²) in [5, 5.41) is 12.7. The fourth-order valence-corrected chi connectivity index (χ4v) is 3.61. The van der Waals surface area contributed by atoms with Crippen LogP contribution in [0.25, 0.3) is 0 Å². The van der Waals surface area contributed by atoms with Crippen molar-refractivity contribution in [1.29, 1.82) is 0 Å². The summed E-state index contributed by atoms with van der Waals surface area (Å²) in [6.07, 6.45) is 1.46. The summed E-state index contributed by atoms with van der Waals surface area (Å²) in [7, 11) is -3.73. The number of aryl methyl sites for hydroxylation is 1. The average molecular weight is 400 g/mol. The molecule has 8 heteroatoms. The highest BCUT2D eigenvalue weighted by atomic mass is 32.2. The van der Waals surface area contributed by atoms with Gasteiger partial charge in [-0.05, 0) is 61.9 Å². The Morgan fingerprint density at radius 2 is 1.79 bits per heavy atom. The summed E-state index contributed by atoms with van der Waals surface area (Å²) in [5.74, 6) is 0.219. The largest absolute Gasteiger partial charge is 0.507 e. The minimum atomic E-state index is -3.73. The monoisotopic (exact) mass is 400 g/mol. The van der Waals surface area contributed by atoms with Crippen LogP contribution >= 0.6 is 0 Å². The lowest BCUT2D eigenvalue weighted by Crippen LogP contribution is -2.23. The van der Waals surface area contributed by atoms with Crippen LogP contribution in [0.1, 0.15) is 27.2 Å². The standard InChI is InChI=1S/C20H20N2O5S/c1-13-5-10-18(14(2)19(13)23)22-20(24)15-6-8-17(9-7-15)28(25,26)21-12-16-4-3-11-27-16/h3-11,21,23H,12H2,1-2H3,(H,22,24). The Kier molecular flexibility index (Phi) is 5.53. The molecule has 146 valence electrons. The highest BCUT2D eigenvalue weighted by Gasteiger charge is 2.16. The van der Waals surface area contributed by atoms with Gasteiger partial charge in [0.05, 0.1) is 17.7 Å². The van der Waals surface area contributed by atoms with E-state index >= 15 is 0 Å². The number of phenols is 1. The molecule has 7 nitrogen and oxygen atoms in total. The van der Waals surface area contributed by atoms with Gasteiger partial charge >= 0.3 is 0 Å². The molecule has 0 saturated heterocycles. The van der Waals surface area contributed by atoms with Crippen molar-refractivity contribution in [3.63, 3.8) is 0 Å². The lowest BCUT2D eigenvalue weighted by molar-refractivity contribution is 0.102. The molecule has 0 unspecified atom stereocenters. The molecule has 0 aliphatic rings. The summed E-state index contributed by atoms with van der Waals surface area (Å²) in [6, 6.07) is 12.3. The smallest absolute Gasteiger partial charge is 0.255 e. The summed E-state index contributed by atoms with van der Waals surface area (Å²) in [6.45, 7) is 3.51. The van der Waals surface area contributed by atoms with Crippen molar-refractivity contribution in [3.05, 3.63) is 77.2 Å². The van der Waals surface area contributed by atoms with E-state index in [0.717, 1.165) is 0 Å². The van der Waals surface area contributed by atoms with Gasteiger partial charge in [-0.2, -0.15) is 0 Å². The third-order valence-corrected chi connectivity index (χ3v) is 5.74. The summed E-state index contributed by atoms with van der Waals surface area (Å²) < 4.78 is 32.2. The third kappa shape index (κ3) is 4.24. The van der Waals surface area contributed by atoms with E-state index < -0.39 is 15.9 Å². The maximum Gasteiger partial charge on any atom is 0.255 e. The quantitative estimate of drug-likeness (QED) is 0.588. The van der Waals surface area contributed by atoms with Crippen molar-refractivity contribution in [2.45, 2.75) is 25.3 Å². The zero-order valence-corrected chi connectivity index (χ0v) is 16.2. The van der Waals surface area contributed by atoms with E-state index in [1.165, 1.54) is 30.5 Å². The molecule has 0 fully saturated rings. The molecule has 3 rings (SSSR count). The molecule has 0 bridgehead atoms. The summed E-state index contributed by atoms with van der Waals surface area (Å²) >= 11 is 0. The Balaban J connectivity index is 1.71. The van der Waals surface area contributed by atoms with Crippen LogP contribution in [0, 0.1) is 13.8 Å². The van der Waals surface area contributed by atoms with Gasteiger partial charge in [0, 0.05) is 16.8 Å². The van der Waals surface area contributed by atoms with E-state index in [4.69, 9.17) is 4.42 Å². The molecule has 1 aromatic heterocycles. The Morgan fingerprint density at radius 1 is 1.07 bits per heavy atom. The number of hydrogen-bond donors (Lipinski definition) is 3. The Bertz CT molecular complexity index is 1090. The number of nitrogens with one attached hydrogen (secondary N) is 2. The van der Waals surface area contributed by atoms with Crippen molar-refractivity contribution >= 4 is 21.6 Å². The number of phenolic OH excluding ortho intramolecular Hbond substituents is 1. The molecule has 0 saturated carbocycles. The molecule has 0 aliphatic heterocycles. The highest BCUT2D eigenvalue weighted by Crippen LogP contribution is 2.28. The fraction of sp³-hybridized carbons (Fsp3) is 0.150. The maximum atomic E-state index is 12.4. The minimum absolute atomic E-state index is 0.0355. The Hall–Kier alpha value is -3.10. The van der Waals surface area contributed by atoms with Crippen LogP contribution < -0.4 is 10.0 Å². The SMILES string of the molecule is Cc1ccc(NC(=O)c2ccc(S(=O)(=O)NCc3ccco3)cc2)c(C)c1O. The van der Waals surface area contributed by atoms with Gasteiger partial charge in [-0.25, -0.2) is 13.1 Å². The van der Waals surface area contributed by atoms with Crippen LogP contribution in [-0.2, 0) is 16.6 Å². The van der Waals surface area contributed by atoms with Crippen molar-refractivity contribution in [3.8, 4) is 5.75 Å². The first-order chi connectivity index (χ1) is 13.3. The topological polar surface area (TPSA) is 109 Å². The Labute approximate surface area is 163 Å². The van der Waals surface area contributed by atoms with E-state index in [0.29, 0.717) is 28.1 Å². The van der Waals surface area contributed by atoms with E-state index in [2.05, 4.69) is 10.0 Å². The molecule has 0 spiro atoms. The average Bonchev–Trinajstić information content (AvgIpc) is 3.21. The molecule has 2 aromatic carbocycles. The van der Waals surface area contributed by atoms with Crippen molar-refractivity contribution in [1.82, 2.24) is 4.72 Å². The lowest BCUT2D eigenvalue weighted by atomic mass is 10.1. The van der Waals surface area contributed by atoms with Crippen LogP contribution in [0.2, 0.25) is 0 Å². The number of sulfonamides is 1. The van der Waals surface area contributed by atoms with E-state index in [1.807, 2.05) is 0 Å². The van der Waals surface area contributed by atoms with Crippen molar-refractivity contribution in [2.75, 3.05) is 5.32 Å². The predicted molar refractivity (Wildman–Crippen MR) is 105 cm³/mol. The molecule has 1 heterocycles. The first-order valence-electron chi connectivity index (χ1n) is 8.50. The highest BCUT2D eigenvalue weighted by molar-refractivity contribution is 7.89. The number of anilines is 1. The zero-order chi connectivity index (χ0) is 20.3. The third-order valence-electron chi connectivity index (χ3n) is 4.32. The second-order valence-electron chi connectivity index (χ2n) is 6.29. The second-order valence-corrected chi connectivity index (χ2v) is 8.05. The fourth-order valence-electron chi connectivity index (χ4n) is 2.61. The maximum absolute atomic E-state index is 12.4. The van der Waals surface area contributed by atoms with Crippen LogP contribution in [0.4, 0.5) is 5.69 Å². The van der Waals surface area contributed by atoms with Gasteiger partial charge in [-0.1, -0.05) is 6.07 Å². The first-order valence-corrected chi connectivity index (χ1v) is 9.99. The number of rotatable bonds is 6. The van der Waals surface area contributed by atoms with Gasteiger partial charge < -0.3 is 14.8 Å². The van der Waals surface area contributed by atoms with Crippen LogP contribution in [0.3, 0.4) is 0 Å². The van der Waals surface area contributed by atoms with Gasteiger partial charge in [0.1, 0.15) is 11.5 Å². The van der Waals surface area contributed by atoms with E-state index in [9.17, 15) is 18.3 Å². The van der Waals surface area contributed by atoms with Gasteiger partial charge in [-0.3, -0.25) is 4.79 Å². The molecule has 0 atom stereocenters. The minimum Gasteiger partial charge on any atom is -0.507 e. The van der Waals surface area contributed by atoms with Crippen LogP contribution in [0.15, 0.2) is 64.1 Å². The molecule has 1 amide bonds. The van der Waals surface area contributed by atoms with Gasteiger partial charge in [0.2, 0.25) is 10.0 Å². The second kappa shape index (κ2) is 7.87. The number of hydrogen-bond acceptors (Lipinski definition) is 5. The number of carbonyl (C=O) groups excluding carboxylic acids is 1. The summed E-state index contributed by atoms with van der Waals surface area (Å²) in [4.78, 5) is 12.5. The predicted octanol–water partition coefficient (Wildman–Crippen LogP) is 3.33. The molecule has 3 N–H and O–H groups in total. The van der Waals surface area contributed by atoms with Gasteiger partial charge in [0.25, 0.3) is 5.91 Å². The number of furan rings is 1. The normalized spacial score (nSPS) is 11.4. The number of aromatic hydroxyl groups is 1. The summed E-state index contributed by atoms with van der Waals surface area (Å²) in [5.41, 5.74) is 2.07. The van der Waals surface area contributed by atoms with Crippen LogP contribution in [0.5, 0.6) is 5.75 Å². The molecular formula is C20H20N2O5S. The van der Waals surface area contributed by atoms with E-state index in [-0.39, 0.29) is 17.2 Å². The molecule has 28 heavy (non-hydrogen) atoms. The Morgan fingerprint density at radius 3 is 2.43 bits per heavy atom. The van der Waals surface area contributed by atoms with Crippen molar-refractivity contribution in [2.24, 2.45) is 0 Å². The first kappa shape index (κ1) is 19.7. The number of amides is 1. The zero-order valence-electron chi connectivity index (χ0n) is 15.4. The molecule has 3 aromatic rings. The number of carbonyl (C=O) groups is 1. The van der Waals surface area contributed by atoms with Gasteiger partial charge in [0.15, 0.2) is 0 Å². The number of benzene rings is 2. The molecule has 0 aliphatic carbocycles. The van der Waals surface area contributed by atoms with Crippen LogP contribution in [-0.4, -0.2) is 19.4 Å². The van der Waals surface area contributed by atoms with E-state index in [1.54, 1.807) is 38.1 Å². The molecule has 0 radical (unpaired) electrons. The lowest BCUT2D eigenvalue weighted by Gasteiger charge is -2.12. The molecular weight excluding hydrogens is 380 g/mol. The van der Waals surface area contributed by atoms with Gasteiger partial charge in [-0.15, -0.1) is 0 Å². The van der Waals surface area contributed by atoms with Crippen molar-refractivity contribution < 1.29 is 22.7 Å².